The van der Waals surface area contributed by atoms with E-state index in [4.69, 9.17) is 11.6 Å². The Balaban J connectivity index is 1.26. The van der Waals surface area contributed by atoms with Crippen LogP contribution in [-0.4, -0.2) is 51.4 Å². The molecule has 2 fully saturated rings. The van der Waals surface area contributed by atoms with Crippen molar-refractivity contribution < 1.29 is 9.59 Å². The third kappa shape index (κ3) is 4.88. The topological polar surface area (TPSA) is 77.0 Å². The summed E-state index contributed by atoms with van der Waals surface area (Å²) in [6, 6.07) is 17.4. The number of nitrogens with zero attached hydrogens (tertiary/aromatic N) is 3. The molecule has 0 aromatic heterocycles. The summed E-state index contributed by atoms with van der Waals surface area (Å²) in [5.74, 6) is 0.334. The lowest BCUT2D eigenvalue weighted by Gasteiger charge is -2.50. The summed E-state index contributed by atoms with van der Waals surface area (Å²) in [4.78, 5) is 30.2. The van der Waals surface area contributed by atoms with Crippen LogP contribution in [0, 0.1) is 5.92 Å². The first-order valence-corrected chi connectivity index (χ1v) is 13.1. The Bertz CT molecular complexity index is 1060. The van der Waals surface area contributed by atoms with Gasteiger partial charge in [0.05, 0.1) is 11.7 Å². The minimum absolute atomic E-state index is 0.0191. The summed E-state index contributed by atoms with van der Waals surface area (Å²) in [7, 11) is 0. The summed E-state index contributed by atoms with van der Waals surface area (Å²) < 4.78 is 0. The van der Waals surface area contributed by atoms with E-state index < -0.39 is 0 Å². The molecule has 34 heavy (non-hydrogen) atoms. The zero-order valence-electron chi connectivity index (χ0n) is 18.8. The molecule has 0 spiro atoms. The molecule has 5 rings (SSSR count). The average Bonchev–Trinajstić information content (AvgIpc) is 3.29. The number of hydrogen-bond acceptors (Lipinski definition) is 6. The summed E-state index contributed by atoms with van der Waals surface area (Å²) in [6.07, 6.45) is 4.56. The Hall–Kier alpha value is -2.71. The number of amidine groups is 1. The first-order valence-electron chi connectivity index (χ1n) is 11.7. The van der Waals surface area contributed by atoms with Gasteiger partial charge in [0.1, 0.15) is 0 Å². The Kier molecular flexibility index (Phi) is 6.97. The first-order chi connectivity index (χ1) is 16.6. The van der Waals surface area contributed by atoms with Gasteiger partial charge in [0.2, 0.25) is 11.8 Å². The van der Waals surface area contributed by atoms with Crippen LogP contribution in [0.15, 0.2) is 59.7 Å². The van der Waals surface area contributed by atoms with E-state index in [0.717, 1.165) is 37.3 Å². The molecule has 9 heteroatoms. The van der Waals surface area contributed by atoms with E-state index in [1.54, 1.807) is 24.3 Å². The molecule has 2 aromatic carbocycles. The maximum absolute atomic E-state index is 13.5. The molecular formula is C25H28ClN5O2S. The van der Waals surface area contributed by atoms with Crippen LogP contribution in [0.5, 0.6) is 0 Å². The van der Waals surface area contributed by atoms with Gasteiger partial charge >= 0.3 is 0 Å². The van der Waals surface area contributed by atoms with Gasteiger partial charge in [-0.2, -0.15) is 5.10 Å². The van der Waals surface area contributed by atoms with Crippen molar-refractivity contribution in [2.45, 2.75) is 44.4 Å². The van der Waals surface area contributed by atoms with Gasteiger partial charge in [-0.1, -0.05) is 66.5 Å². The minimum atomic E-state index is -0.294. The number of fused-ring (bicyclic) bond motifs is 3. The number of rotatable bonds is 6. The number of anilines is 1. The molecule has 178 valence electrons. The normalized spacial score (nSPS) is 23.6. The zero-order valence-corrected chi connectivity index (χ0v) is 20.4. The van der Waals surface area contributed by atoms with Gasteiger partial charge in [-0.05, 0) is 49.1 Å². The van der Waals surface area contributed by atoms with E-state index in [9.17, 15) is 9.59 Å². The van der Waals surface area contributed by atoms with Crippen molar-refractivity contribution in [3.8, 4) is 0 Å². The fourth-order valence-corrected chi connectivity index (χ4v) is 6.00. The van der Waals surface area contributed by atoms with Gasteiger partial charge in [0.25, 0.3) is 0 Å². The molecule has 3 unspecified atom stereocenters. The molecule has 0 radical (unpaired) electrons. The lowest BCUT2D eigenvalue weighted by atomic mass is 9.81. The van der Waals surface area contributed by atoms with Crippen molar-refractivity contribution in [1.82, 2.24) is 15.2 Å². The number of halogens is 1. The van der Waals surface area contributed by atoms with Crippen LogP contribution in [0.1, 0.15) is 31.2 Å². The zero-order chi connectivity index (χ0) is 23.5. The summed E-state index contributed by atoms with van der Waals surface area (Å²) in [5, 5.41) is 8.88. The Morgan fingerprint density at radius 1 is 1.12 bits per heavy atom. The standard InChI is InChI=1S/C25H28ClN5O2S/c26-18-10-12-19(13-11-18)27-22(32)16-34-25-29-28-24-30(15-14-17-6-2-1-3-7-17)23(33)20-8-4-5-9-21(20)31(24)25/h1-3,6-7,10-13,20-21,24,28H,4-5,8-9,14-16H2,(H,27,32). The summed E-state index contributed by atoms with van der Waals surface area (Å²) >= 11 is 7.33. The van der Waals surface area contributed by atoms with Crippen molar-refractivity contribution >= 4 is 46.0 Å². The van der Waals surface area contributed by atoms with Crippen molar-refractivity contribution in [3.63, 3.8) is 0 Å². The quantitative estimate of drug-likeness (QED) is 0.628. The molecule has 1 aliphatic carbocycles. The molecule has 1 saturated carbocycles. The fourth-order valence-electron chi connectivity index (χ4n) is 5.04. The first kappa shape index (κ1) is 23.1. The van der Waals surface area contributed by atoms with E-state index in [0.29, 0.717) is 17.3 Å². The molecule has 7 nitrogen and oxygen atoms in total. The average molecular weight is 498 g/mol. The molecule has 2 heterocycles. The Morgan fingerprint density at radius 3 is 2.68 bits per heavy atom. The third-order valence-corrected chi connectivity index (χ3v) is 7.91. The number of hydrazone groups is 1. The number of thioether (sulfide) groups is 1. The number of carbonyl (C=O) groups excluding carboxylic acids is 2. The second-order valence-electron chi connectivity index (χ2n) is 8.87. The predicted molar refractivity (Wildman–Crippen MR) is 136 cm³/mol. The SMILES string of the molecule is O=C(CSC1=NNC2N(CCc3ccccc3)C(=O)C3CCCCC3N12)Nc1ccc(Cl)cc1. The molecule has 0 bridgehead atoms. The molecule has 2 N–H and O–H groups in total. The highest BCUT2D eigenvalue weighted by atomic mass is 35.5. The number of benzene rings is 2. The van der Waals surface area contributed by atoms with Gasteiger partial charge in [-0.25, -0.2) is 0 Å². The number of nitrogens with one attached hydrogen (secondary N) is 2. The highest BCUT2D eigenvalue weighted by Crippen LogP contribution is 2.38. The van der Waals surface area contributed by atoms with E-state index in [2.05, 4.69) is 32.9 Å². The molecule has 2 aliphatic heterocycles. The summed E-state index contributed by atoms with van der Waals surface area (Å²) in [6.45, 7) is 0.630. The van der Waals surface area contributed by atoms with Crippen LogP contribution < -0.4 is 10.7 Å². The molecule has 1 saturated heterocycles. The largest absolute Gasteiger partial charge is 0.325 e. The number of hydrogen-bond donors (Lipinski definition) is 2. The minimum Gasteiger partial charge on any atom is -0.325 e. The highest BCUT2D eigenvalue weighted by Gasteiger charge is 2.50. The van der Waals surface area contributed by atoms with Gasteiger partial charge < -0.3 is 15.1 Å². The number of carbonyl (C=O) groups is 2. The van der Waals surface area contributed by atoms with E-state index >= 15 is 0 Å². The van der Waals surface area contributed by atoms with Crippen LogP contribution >= 0.6 is 23.4 Å². The van der Waals surface area contributed by atoms with Crippen LogP contribution in [-0.2, 0) is 16.0 Å². The lowest BCUT2D eigenvalue weighted by molar-refractivity contribution is -0.155. The Morgan fingerprint density at radius 2 is 1.88 bits per heavy atom. The molecule has 2 amide bonds. The van der Waals surface area contributed by atoms with Crippen molar-refractivity contribution in [3.05, 3.63) is 65.2 Å². The van der Waals surface area contributed by atoms with Gasteiger partial charge in [-0.15, -0.1) is 0 Å². The number of amides is 2. The highest BCUT2D eigenvalue weighted by molar-refractivity contribution is 8.14. The third-order valence-electron chi connectivity index (χ3n) is 6.69. The van der Waals surface area contributed by atoms with Crippen LogP contribution in [0.25, 0.3) is 0 Å². The predicted octanol–water partition coefficient (Wildman–Crippen LogP) is 4.12. The van der Waals surface area contributed by atoms with Gasteiger partial charge in [0.15, 0.2) is 11.5 Å². The maximum atomic E-state index is 13.5. The van der Waals surface area contributed by atoms with E-state index in [-0.39, 0.29) is 35.8 Å². The maximum Gasteiger partial charge on any atom is 0.234 e. The lowest BCUT2D eigenvalue weighted by Crippen LogP contribution is -2.67. The smallest absolute Gasteiger partial charge is 0.234 e. The molecule has 3 aliphatic rings. The van der Waals surface area contributed by atoms with Crippen LogP contribution in [0.3, 0.4) is 0 Å². The second kappa shape index (κ2) is 10.3. The fraction of sp³-hybridized carbons (Fsp3) is 0.400. The molecule has 2 aromatic rings. The van der Waals surface area contributed by atoms with E-state index in [1.165, 1.54) is 17.3 Å². The van der Waals surface area contributed by atoms with Crippen LogP contribution in [0.4, 0.5) is 5.69 Å². The van der Waals surface area contributed by atoms with Crippen molar-refractivity contribution in [2.75, 3.05) is 17.6 Å². The molecule has 3 atom stereocenters. The summed E-state index contributed by atoms with van der Waals surface area (Å²) in [5.41, 5.74) is 5.11. The molecular weight excluding hydrogens is 470 g/mol. The van der Waals surface area contributed by atoms with E-state index in [1.807, 2.05) is 23.1 Å². The second-order valence-corrected chi connectivity index (χ2v) is 10.3. The van der Waals surface area contributed by atoms with Crippen molar-refractivity contribution in [2.24, 2.45) is 11.0 Å². The van der Waals surface area contributed by atoms with Gasteiger partial charge in [-0.3, -0.25) is 15.0 Å². The Labute approximate surface area is 208 Å². The van der Waals surface area contributed by atoms with Crippen molar-refractivity contribution in [1.29, 1.82) is 0 Å². The van der Waals surface area contributed by atoms with Crippen LogP contribution in [0.2, 0.25) is 5.02 Å². The monoisotopic (exact) mass is 497 g/mol. The van der Waals surface area contributed by atoms with Gasteiger partial charge in [0, 0.05) is 23.3 Å².